The molecule has 2 heterocycles. The molecule has 4 aromatic rings. The molecule has 0 atom stereocenters. The highest BCUT2D eigenvalue weighted by atomic mass is 15.3. The fourth-order valence-corrected chi connectivity index (χ4v) is 2.94. The molecule has 0 radical (unpaired) electrons. The summed E-state index contributed by atoms with van der Waals surface area (Å²) in [7, 11) is 0. The van der Waals surface area contributed by atoms with Crippen molar-refractivity contribution in [2.75, 3.05) is 0 Å². The lowest BCUT2D eigenvalue weighted by Crippen LogP contribution is -2.01. The van der Waals surface area contributed by atoms with Crippen LogP contribution in [-0.4, -0.2) is 14.6 Å². The number of fused-ring (bicyclic) bond motifs is 3. The highest BCUT2D eigenvalue weighted by Gasteiger charge is 2.09. The Kier molecular flexibility index (Phi) is 3.11. The van der Waals surface area contributed by atoms with Gasteiger partial charge in [-0.25, -0.2) is 9.50 Å². The van der Waals surface area contributed by atoms with Crippen molar-refractivity contribution < 1.29 is 0 Å². The number of nitrogens with zero attached hydrogens (tertiary/aromatic N) is 3. The number of aryl methyl sites for hydroxylation is 3. The Bertz CT molecular complexity index is 939. The molecule has 0 aliphatic rings. The highest BCUT2D eigenvalue weighted by molar-refractivity contribution is 5.83. The van der Waals surface area contributed by atoms with E-state index in [9.17, 15) is 0 Å². The van der Waals surface area contributed by atoms with Gasteiger partial charge in [0.05, 0.1) is 16.9 Å². The molecule has 4 rings (SSSR count). The fraction of sp³-hybridized carbons (Fsp3) is 0.158. The lowest BCUT2D eigenvalue weighted by Gasteiger charge is -2.08. The SMILES string of the molecule is Cc1cc2nc(CCc3ccccc3)c3ccccc3n2n1. The van der Waals surface area contributed by atoms with Crippen LogP contribution in [0.25, 0.3) is 16.6 Å². The molecule has 0 amide bonds. The van der Waals surface area contributed by atoms with Crippen LogP contribution in [0.4, 0.5) is 0 Å². The van der Waals surface area contributed by atoms with Crippen molar-refractivity contribution in [3.8, 4) is 0 Å². The lowest BCUT2D eigenvalue weighted by molar-refractivity contribution is 0.901. The first-order valence-corrected chi connectivity index (χ1v) is 7.59. The van der Waals surface area contributed by atoms with Gasteiger partial charge in [-0.1, -0.05) is 48.5 Å². The molecule has 108 valence electrons. The first-order chi connectivity index (χ1) is 10.8. The summed E-state index contributed by atoms with van der Waals surface area (Å²) < 4.78 is 1.94. The minimum absolute atomic E-state index is 0.930. The molecule has 0 saturated carbocycles. The van der Waals surface area contributed by atoms with Crippen LogP contribution < -0.4 is 0 Å². The molecule has 2 aromatic heterocycles. The maximum Gasteiger partial charge on any atom is 0.156 e. The van der Waals surface area contributed by atoms with Crippen LogP contribution in [0.15, 0.2) is 60.7 Å². The van der Waals surface area contributed by atoms with Crippen molar-refractivity contribution in [1.82, 2.24) is 14.6 Å². The molecule has 0 saturated heterocycles. The second-order valence-corrected chi connectivity index (χ2v) is 5.62. The predicted octanol–water partition coefficient (Wildman–Crippen LogP) is 3.98. The summed E-state index contributed by atoms with van der Waals surface area (Å²) >= 11 is 0. The van der Waals surface area contributed by atoms with Crippen LogP contribution in [0.1, 0.15) is 17.0 Å². The quantitative estimate of drug-likeness (QED) is 0.570. The first-order valence-electron chi connectivity index (χ1n) is 7.59. The molecule has 3 nitrogen and oxygen atoms in total. The van der Waals surface area contributed by atoms with E-state index in [1.165, 1.54) is 10.9 Å². The average Bonchev–Trinajstić information content (AvgIpc) is 2.94. The van der Waals surface area contributed by atoms with Crippen molar-refractivity contribution in [3.63, 3.8) is 0 Å². The summed E-state index contributed by atoms with van der Waals surface area (Å²) in [5.74, 6) is 0. The van der Waals surface area contributed by atoms with Gasteiger partial charge in [0.15, 0.2) is 5.65 Å². The zero-order valence-corrected chi connectivity index (χ0v) is 12.5. The van der Waals surface area contributed by atoms with E-state index in [2.05, 4.69) is 59.7 Å². The Labute approximate surface area is 129 Å². The van der Waals surface area contributed by atoms with Crippen molar-refractivity contribution in [2.45, 2.75) is 19.8 Å². The standard InChI is InChI=1S/C19H17N3/c1-14-13-19-20-17(12-11-15-7-3-2-4-8-15)16-9-5-6-10-18(16)22(19)21-14/h2-10,13H,11-12H2,1H3. The van der Waals surface area contributed by atoms with Gasteiger partial charge in [0.25, 0.3) is 0 Å². The minimum Gasteiger partial charge on any atom is -0.233 e. The Balaban J connectivity index is 1.81. The van der Waals surface area contributed by atoms with Gasteiger partial charge < -0.3 is 0 Å². The summed E-state index contributed by atoms with van der Waals surface area (Å²) in [6.45, 7) is 2.01. The molecule has 0 N–H and O–H groups in total. The number of aromatic nitrogens is 3. The molecule has 0 bridgehead atoms. The second-order valence-electron chi connectivity index (χ2n) is 5.62. The summed E-state index contributed by atoms with van der Waals surface area (Å²) in [5.41, 5.74) is 5.55. The second kappa shape index (κ2) is 5.26. The van der Waals surface area contributed by atoms with Gasteiger partial charge in [-0.15, -0.1) is 0 Å². The van der Waals surface area contributed by atoms with Crippen molar-refractivity contribution >= 4 is 16.6 Å². The van der Waals surface area contributed by atoms with Crippen molar-refractivity contribution in [3.05, 3.63) is 77.6 Å². The minimum atomic E-state index is 0.930. The molecule has 3 heteroatoms. The third-order valence-electron chi connectivity index (χ3n) is 4.00. The lowest BCUT2D eigenvalue weighted by atomic mass is 10.1. The predicted molar refractivity (Wildman–Crippen MR) is 89.1 cm³/mol. The Morgan fingerprint density at radius 1 is 0.909 bits per heavy atom. The molecule has 0 aliphatic heterocycles. The van der Waals surface area contributed by atoms with E-state index < -0.39 is 0 Å². The zero-order chi connectivity index (χ0) is 14.9. The van der Waals surface area contributed by atoms with Crippen LogP contribution in [0.2, 0.25) is 0 Å². The van der Waals surface area contributed by atoms with Crippen LogP contribution in [0.3, 0.4) is 0 Å². The number of benzene rings is 2. The summed E-state index contributed by atoms with van der Waals surface area (Å²) in [6, 6.07) is 21.0. The monoisotopic (exact) mass is 287 g/mol. The molecular formula is C19H17N3. The molecular weight excluding hydrogens is 270 g/mol. The molecule has 2 aromatic carbocycles. The third-order valence-corrected chi connectivity index (χ3v) is 4.00. The zero-order valence-electron chi connectivity index (χ0n) is 12.5. The van der Waals surface area contributed by atoms with E-state index >= 15 is 0 Å². The van der Waals surface area contributed by atoms with E-state index in [1.54, 1.807) is 0 Å². The number of rotatable bonds is 3. The summed E-state index contributed by atoms with van der Waals surface area (Å²) in [4.78, 5) is 4.84. The van der Waals surface area contributed by atoms with Crippen molar-refractivity contribution in [2.24, 2.45) is 0 Å². The fourth-order valence-electron chi connectivity index (χ4n) is 2.94. The smallest absolute Gasteiger partial charge is 0.156 e. The number of hydrogen-bond donors (Lipinski definition) is 0. The van der Waals surface area contributed by atoms with Gasteiger partial charge in [-0.2, -0.15) is 5.10 Å². The van der Waals surface area contributed by atoms with Gasteiger partial charge in [-0.3, -0.25) is 0 Å². The van der Waals surface area contributed by atoms with Crippen LogP contribution in [0, 0.1) is 6.92 Å². The molecule has 0 aliphatic carbocycles. The van der Waals surface area contributed by atoms with E-state index in [4.69, 9.17) is 4.98 Å². The Morgan fingerprint density at radius 2 is 1.68 bits per heavy atom. The van der Waals surface area contributed by atoms with Crippen molar-refractivity contribution in [1.29, 1.82) is 0 Å². The Morgan fingerprint density at radius 3 is 2.55 bits per heavy atom. The maximum atomic E-state index is 4.84. The highest BCUT2D eigenvalue weighted by Crippen LogP contribution is 2.21. The molecule has 22 heavy (non-hydrogen) atoms. The van der Waals surface area contributed by atoms with Gasteiger partial charge in [0.1, 0.15) is 0 Å². The van der Waals surface area contributed by atoms with Gasteiger partial charge in [-0.05, 0) is 31.4 Å². The van der Waals surface area contributed by atoms with E-state index in [-0.39, 0.29) is 0 Å². The largest absolute Gasteiger partial charge is 0.233 e. The van der Waals surface area contributed by atoms with E-state index in [1.807, 2.05) is 17.5 Å². The number of para-hydroxylation sites is 1. The van der Waals surface area contributed by atoms with Crippen LogP contribution in [-0.2, 0) is 12.8 Å². The third kappa shape index (κ3) is 2.25. The number of hydrogen-bond acceptors (Lipinski definition) is 2. The summed E-state index contributed by atoms with van der Waals surface area (Å²) in [5, 5.41) is 5.74. The van der Waals surface area contributed by atoms with E-state index in [0.717, 1.165) is 35.4 Å². The van der Waals surface area contributed by atoms with E-state index in [0.29, 0.717) is 0 Å². The van der Waals surface area contributed by atoms with Gasteiger partial charge in [0, 0.05) is 11.5 Å². The Hall–Kier alpha value is -2.68. The molecule has 0 unspecified atom stereocenters. The molecule has 0 fully saturated rings. The molecule has 0 spiro atoms. The first kappa shape index (κ1) is 13.0. The summed E-state index contributed by atoms with van der Waals surface area (Å²) in [6.07, 6.45) is 1.94. The maximum absolute atomic E-state index is 4.84. The average molecular weight is 287 g/mol. The normalized spacial score (nSPS) is 11.3. The topological polar surface area (TPSA) is 30.2 Å². The van der Waals surface area contributed by atoms with Crippen LogP contribution >= 0.6 is 0 Å². The van der Waals surface area contributed by atoms with Gasteiger partial charge in [0.2, 0.25) is 0 Å². The van der Waals surface area contributed by atoms with Crippen LogP contribution in [0.5, 0.6) is 0 Å². The van der Waals surface area contributed by atoms with Gasteiger partial charge >= 0.3 is 0 Å².